The Morgan fingerprint density at radius 3 is 2.45 bits per heavy atom. The van der Waals surface area contributed by atoms with Crippen LogP contribution in [-0.2, 0) is 17.1 Å². The topological polar surface area (TPSA) is 119 Å². The van der Waals surface area contributed by atoms with E-state index in [0.717, 1.165) is 6.26 Å². The Hall–Kier alpha value is -1.68. The maximum atomic E-state index is 11.2. The first-order valence-corrected chi connectivity index (χ1v) is 7.73. The predicted octanol–water partition coefficient (Wildman–Crippen LogP) is 0.376. The summed E-state index contributed by atoms with van der Waals surface area (Å²) >= 11 is 0. The molecule has 1 heterocycles. The fraction of sp³-hybridized carbons (Fsp3) is 0.700. The van der Waals surface area contributed by atoms with Gasteiger partial charge in [0.1, 0.15) is 5.69 Å². The summed E-state index contributed by atoms with van der Waals surface area (Å²) in [6.07, 6.45) is 1.06. The second-order valence-electron chi connectivity index (χ2n) is 5.28. The minimum absolute atomic E-state index is 0.109. The van der Waals surface area contributed by atoms with Crippen LogP contribution >= 0.6 is 0 Å². The van der Waals surface area contributed by atoms with Gasteiger partial charge in [-0.15, -0.1) is 0 Å². The molecule has 0 aliphatic carbocycles. The normalized spacial score (nSPS) is 12.4. The molecule has 0 saturated carbocycles. The number of hydrogen-bond donors (Lipinski definition) is 2. The zero-order valence-electron chi connectivity index (χ0n) is 12.1. The highest BCUT2D eigenvalue weighted by Gasteiger charge is 2.27. The van der Waals surface area contributed by atoms with Gasteiger partial charge in [0.25, 0.3) is 0 Å². The Morgan fingerprint density at radius 1 is 1.45 bits per heavy atom. The van der Waals surface area contributed by atoms with Gasteiger partial charge in [-0.05, 0) is 20.8 Å². The van der Waals surface area contributed by atoms with Gasteiger partial charge in [0, 0.05) is 19.1 Å². The van der Waals surface area contributed by atoms with Crippen LogP contribution in [0.15, 0.2) is 0 Å². The second kappa shape index (κ2) is 5.37. The van der Waals surface area contributed by atoms with Crippen molar-refractivity contribution in [2.45, 2.75) is 26.3 Å². The van der Waals surface area contributed by atoms with Gasteiger partial charge in [0.2, 0.25) is 15.8 Å². The Morgan fingerprint density at radius 2 is 2.00 bits per heavy atom. The van der Waals surface area contributed by atoms with E-state index in [0.29, 0.717) is 5.69 Å². The van der Waals surface area contributed by atoms with Gasteiger partial charge in [-0.2, -0.15) is 5.10 Å². The molecule has 1 aromatic rings. The van der Waals surface area contributed by atoms with E-state index in [1.54, 1.807) is 27.8 Å². The van der Waals surface area contributed by atoms with Crippen LogP contribution in [0.5, 0.6) is 0 Å². The largest absolute Gasteiger partial charge is 0.363 e. The standard InChI is InChI=1S/C10H19N5O4S/c1-7-8(15(16)17)9(14(4)12-7)11-6-10(2,3)13-20(5,18)19/h11,13H,6H2,1-5H3. The highest BCUT2D eigenvalue weighted by Crippen LogP contribution is 2.27. The van der Waals surface area contributed by atoms with E-state index in [9.17, 15) is 18.5 Å². The maximum absolute atomic E-state index is 11.2. The minimum atomic E-state index is -3.36. The average Bonchev–Trinajstić information content (AvgIpc) is 2.46. The molecule has 0 saturated heterocycles. The third-order valence-corrected chi connectivity index (χ3v) is 3.46. The highest BCUT2D eigenvalue weighted by atomic mass is 32.2. The number of hydrogen-bond acceptors (Lipinski definition) is 6. The maximum Gasteiger partial charge on any atom is 0.333 e. The summed E-state index contributed by atoms with van der Waals surface area (Å²) in [7, 11) is -1.78. The molecule has 9 nitrogen and oxygen atoms in total. The molecule has 0 aliphatic rings. The summed E-state index contributed by atoms with van der Waals surface area (Å²) in [6, 6.07) is 0. The lowest BCUT2D eigenvalue weighted by atomic mass is 10.1. The summed E-state index contributed by atoms with van der Waals surface area (Å²) in [5, 5.41) is 17.9. The van der Waals surface area contributed by atoms with E-state index in [4.69, 9.17) is 0 Å². The summed E-state index contributed by atoms with van der Waals surface area (Å²) < 4.78 is 26.3. The number of aryl methyl sites for hydroxylation is 2. The predicted molar refractivity (Wildman–Crippen MR) is 75.1 cm³/mol. The fourth-order valence-electron chi connectivity index (χ4n) is 1.91. The lowest BCUT2D eigenvalue weighted by molar-refractivity contribution is -0.384. The Bertz CT molecular complexity index is 620. The van der Waals surface area contributed by atoms with Crippen molar-refractivity contribution in [1.29, 1.82) is 0 Å². The highest BCUT2D eigenvalue weighted by molar-refractivity contribution is 7.88. The molecule has 20 heavy (non-hydrogen) atoms. The summed E-state index contributed by atoms with van der Waals surface area (Å²) in [5.41, 5.74) is -0.601. The van der Waals surface area contributed by atoms with Gasteiger partial charge in [-0.1, -0.05) is 0 Å². The molecule has 0 radical (unpaired) electrons. The van der Waals surface area contributed by atoms with Gasteiger partial charge in [-0.3, -0.25) is 10.1 Å². The van der Waals surface area contributed by atoms with E-state index >= 15 is 0 Å². The zero-order valence-corrected chi connectivity index (χ0v) is 12.9. The van der Waals surface area contributed by atoms with Gasteiger partial charge in [0.15, 0.2) is 0 Å². The molecule has 0 atom stereocenters. The molecular weight excluding hydrogens is 286 g/mol. The lowest BCUT2D eigenvalue weighted by Gasteiger charge is -2.25. The van der Waals surface area contributed by atoms with Crippen molar-refractivity contribution in [1.82, 2.24) is 14.5 Å². The van der Waals surface area contributed by atoms with E-state index in [2.05, 4.69) is 15.1 Å². The van der Waals surface area contributed by atoms with Crippen molar-refractivity contribution in [2.24, 2.45) is 7.05 Å². The second-order valence-corrected chi connectivity index (χ2v) is 7.02. The smallest absolute Gasteiger partial charge is 0.333 e. The molecule has 0 unspecified atom stereocenters. The molecular formula is C10H19N5O4S. The molecule has 0 aromatic carbocycles. The number of rotatable bonds is 6. The number of nitro groups is 1. The minimum Gasteiger partial charge on any atom is -0.363 e. The Kier molecular flexibility index (Phi) is 4.39. The van der Waals surface area contributed by atoms with Gasteiger partial charge < -0.3 is 5.32 Å². The number of nitrogens with zero attached hydrogens (tertiary/aromatic N) is 3. The van der Waals surface area contributed by atoms with Crippen LogP contribution in [0.4, 0.5) is 11.5 Å². The van der Waals surface area contributed by atoms with Gasteiger partial charge >= 0.3 is 5.69 Å². The van der Waals surface area contributed by atoms with Crippen molar-refractivity contribution in [3.05, 3.63) is 15.8 Å². The molecule has 0 amide bonds. The van der Waals surface area contributed by atoms with Crippen molar-refractivity contribution >= 4 is 21.5 Å². The van der Waals surface area contributed by atoms with Crippen LogP contribution in [0.1, 0.15) is 19.5 Å². The molecule has 0 spiro atoms. The molecule has 0 aliphatic heterocycles. The third-order valence-electron chi connectivity index (χ3n) is 2.53. The fourth-order valence-corrected chi connectivity index (χ4v) is 2.98. The molecule has 0 bridgehead atoms. The Balaban J connectivity index is 2.93. The lowest BCUT2D eigenvalue weighted by Crippen LogP contribution is -2.48. The first-order valence-electron chi connectivity index (χ1n) is 5.84. The number of anilines is 1. The van der Waals surface area contributed by atoms with Crippen molar-refractivity contribution in [3.8, 4) is 0 Å². The van der Waals surface area contributed by atoms with Crippen molar-refractivity contribution < 1.29 is 13.3 Å². The SMILES string of the molecule is Cc1nn(C)c(NCC(C)(C)NS(C)(=O)=O)c1[N+](=O)[O-]. The van der Waals surface area contributed by atoms with Crippen molar-refractivity contribution in [2.75, 3.05) is 18.1 Å². The number of aromatic nitrogens is 2. The third kappa shape index (κ3) is 4.17. The first-order chi connectivity index (χ1) is 8.93. The number of nitrogens with one attached hydrogen (secondary N) is 2. The molecule has 2 N–H and O–H groups in total. The van der Waals surface area contributed by atoms with Crippen LogP contribution in [0, 0.1) is 17.0 Å². The summed E-state index contributed by atoms with van der Waals surface area (Å²) in [4.78, 5) is 10.5. The molecule has 10 heteroatoms. The molecule has 1 aromatic heterocycles. The van der Waals surface area contributed by atoms with Gasteiger partial charge in [0.05, 0.1) is 11.2 Å². The van der Waals surface area contributed by atoms with Crippen LogP contribution in [-0.4, -0.2) is 41.5 Å². The monoisotopic (exact) mass is 305 g/mol. The summed E-state index contributed by atoms with van der Waals surface area (Å²) in [6.45, 7) is 5.08. The quantitative estimate of drug-likeness (QED) is 0.579. The van der Waals surface area contributed by atoms with Gasteiger partial charge in [-0.25, -0.2) is 17.8 Å². The van der Waals surface area contributed by atoms with Crippen LogP contribution < -0.4 is 10.0 Å². The van der Waals surface area contributed by atoms with E-state index in [-0.39, 0.29) is 18.1 Å². The molecule has 114 valence electrons. The van der Waals surface area contributed by atoms with Crippen LogP contribution in [0.3, 0.4) is 0 Å². The average molecular weight is 305 g/mol. The zero-order chi connectivity index (χ0) is 15.7. The Labute approximate surface area is 117 Å². The van der Waals surface area contributed by atoms with Crippen LogP contribution in [0.25, 0.3) is 0 Å². The van der Waals surface area contributed by atoms with E-state index in [1.807, 2.05) is 0 Å². The van der Waals surface area contributed by atoms with E-state index < -0.39 is 20.5 Å². The summed E-state index contributed by atoms with van der Waals surface area (Å²) in [5.74, 6) is 0.246. The number of sulfonamides is 1. The molecule has 0 fully saturated rings. The molecule has 1 rings (SSSR count). The van der Waals surface area contributed by atoms with Crippen LogP contribution in [0.2, 0.25) is 0 Å². The van der Waals surface area contributed by atoms with E-state index in [1.165, 1.54) is 4.68 Å². The first kappa shape index (κ1) is 16.4. The van der Waals surface area contributed by atoms with Crippen molar-refractivity contribution in [3.63, 3.8) is 0 Å².